The first-order chi connectivity index (χ1) is 9.13. The highest BCUT2D eigenvalue weighted by molar-refractivity contribution is 5.10. The predicted molar refractivity (Wildman–Crippen MR) is 80.1 cm³/mol. The van der Waals surface area contributed by atoms with Gasteiger partial charge in [0.25, 0.3) is 0 Å². The van der Waals surface area contributed by atoms with Crippen molar-refractivity contribution in [2.24, 2.45) is 11.8 Å². The molecule has 1 atom stereocenters. The fraction of sp³-hybridized carbons (Fsp3) is 0.688. The van der Waals surface area contributed by atoms with Crippen molar-refractivity contribution in [2.75, 3.05) is 26.2 Å². The molecule has 0 amide bonds. The van der Waals surface area contributed by atoms with Crippen molar-refractivity contribution in [3.05, 3.63) is 29.6 Å². The van der Waals surface area contributed by atoms with Gasteiger partial charge in [-0.2, -0.15) is 0 Å². The monoisotopic (exact) mass is 261 g/mol. The molecule has 0 aromatic carbocycles. The van der Waals surface area contributed by atoms with E-state index >= 15 is 0 Å². The lowest BCUT2D eigenvalue weighted by molar-refractivity contribution is 0.309. The summed E-state index contributed by atoms with van der Waals surface area (Å²) in [5.41, 5.74) is 2.32. The summed E-state index contributed by atoms with van der Waals surface area (Å²) in [5, 5.41) is 3.58. The minimum atomic E-state index is 0.744. The molecule has 1 aromatic heterocycles. The van der Waals surface area contributed by atoms with Gasteiger partial charge < -0.3 is 5.32 Å². The largest absolute Gasteiger partial charge is 0.316 e. The van der Waals surface area contributed by atoms with Gasteiger partial charge in [-0.05, 0) is 56.9 Å². The molecule has 19 heavy (non-hydrogen) atoms. The Morgan fingerprint density at radius 3 is 3.00 bits per heavy atom. The highest BCUT2D eigenvalue weighted by Crippen LogP contribution is 2.17. The van der Waals surface area contributed by atoms with Crippen LogP contribution in [-0.2, 0) is 6.54 Å². The van der Waals surface area contributed by atoms with E-state index < -0.39 is 0 Å². The fourth-order valence-corrected chi connectivity index (χ4v) is 2.72. The van der Waals surface area contributed by atoms with Crippen LogP contribution >= 0.6 is 0 Å². The Labute approximate surface area is 117 Å². The standard InChI is InChI=1S/C16H27N3/c1-13(2)9-17-10-15-7-8-19(11-15)12-16-6-4-5-14(3)18-16/h4-6,13,15,17H,7-12H2,1-3H3. The predicted octanol–water partition coefficient (Wildman–Crippen LogP) is 2.46. The number of rotatable bonds is 6. The second kappa shape index (κ2) is 7.01. The number of nitrogens with one attached hydrogen (secondary N) is 1. The molecule has 1 aliphatic heterocycles. The van der Waals surface area contributed by atoms with Crippen LogP contribution in [0.15, 0.2) is 18.2 Å². The van der Waals surface area contributed by atoms with Crippen molar-refractivity contribution >= 4 is 0 Å². The van der Waals surface area contributed by atoms with Gasteiger partial charge in [-0.25, -0.2) is 0 Å². The minimum Gasteiger partial charge on any atom is -0.316 e. The van der Waals surface area contributed by atoms with Crippen LogP contribution in [0.2, 0.25) is 0 Å². The SMILES string of the molecule is Cc1cccc(CN2CCC(CNCC(C)C)C2)n1. The van der Waals surface area contributed by atoms with Crippen LogP contribution in [0.25, 0.3) is 0 Å². The van der Waals surface area contributed by atoms with Gasteiger partial charge in [0.15, 0.2) is 0 Å². The van der Waals surface area contributed by atoms with Crippen molar-refractivity contribution in [2.45, 2.75) is 33.7 Å². The van der Waals surface area contributed by atoms with Crippen molar-refractivity contribution in [1.29, 1.82) is 0 Å². The Hall–Kier alpha value is -0.930. The third-order valence-electron chi connectivity index (χ3n) is 3.69. The van der Waals surface area contributed by atoms with Crippen LogP contribution in [0.5, 0.6) is 0 Å². The van der Waals surface area contributed by atoms with Crippen molar-refractivity contribution in [3.63, 3.8) is 0 Å². The summed E-state index contributed by atoms with van der Waals surface area (Å²) in [6, 6.07) is 6.30. The second-order valence-electron chi connectivity index (χ2n) is 6.21. The summed E-state index contributed by atoms with van der Waals surface area (Å²) in [7, 11) is 0. The number of hydrogen-bond donors (Lipinski definition) is 1. The van der Waals surface area contributed by atoms with Gasteiger partial charge in [0.05, 0.1) is 5.69 Å². The third-order valence-corrected chi connectivity index (χ3v) is 3.69. The first-order valence-electron chi connectivity index (χ1n) is 7.49. The maximum absolute atomic E-state index is 4.59. The smallest absolute Gasteiger partial charge is 0.0547 e. The molecular formula is C16H27N3. The molecule has 2 heterocycles. The van der Waals surface area contributed by atoms with E-state index in [0.717, 1.165) is 37.2 Å². The van der Waals surface area contributed by atoms with Crippen LogP contribution in [0.3, 0.4) is 0 Å². The van der Waals surface area contributed by atoms with Gasteiger partial charge in [-0.1, -0.05) is 19.9 Å². The van der Waals surface area contributed by atoms with Crippen LogP contribution in [-0.4, -0.2) is 36.1 Å². The van der Waals surface area contributed by atoms with E-state index in [4.69, 9.17) is 0 Å². The zero-order chi connectivity index (χ0) is 13.7. The molecule has 0 spiro atoms. The quantitative estimate of drug-likeness (QED) is 0.852. The van der Waals surface area contributed by atoms with E-state index in [-0.39, 0.29) is 0 Å². The Kier molecular flexibility index (Phi) is 5.34. The molecule has 1 unspecified atom stereocenters. The van der Waals surface area contributed by atoms with Crippen LogP contribution < -0.4 is 5.32 Å². The van der Waals surface area contributed by atoms with Gasteiger partial charge in [-0.3, -0.25) is 9.88 Å². The molecule has 0 saturated carbocycles. The highest BCUT2D eigenvalue weighted by Gasteiger charge is 2.22. The van der Waals surface area contributed by atoms with Crippen molar-refractivity contribution in [1.82, 2.24) is 15.2 Å². The molecule has 0 radical (unpaired) electrons. The van der Waals surface area contributed by atoms with Crippen LogP contribution in [0.1, 0.15) is 31.7 Å². The van der Waals surface area contributed by atoms with Gasteiger partial charge >= 0.3 is 0 Å². The first-order valence-corrected chi connectivity index (χ1v) is 7.49. The summed E-state index contributed by atoms with van der Waals surface area (Å²) in [5.74, 6) is 1.55. The van der Waals surface area contributed by atoms with E-state index in [1.165, 1.54) is 25.2 Å². The van der Waals surface area contributed by atoms with Gasteiger partial charge in [0, 0.05) is 18.8 Å². The molecule has 1 saturated heterocycles. The maximum Gasteiger partial charge on any atom is 0.0547 e. The second-order valence-corrected chi connectivity index (χ2v) is 6.21. The zero-order valence-electron chi connectivity index (χ0n) is 12.5. The first kappa shape index (κ1) is 14.5. The lowest BCUT2D eigenvalue weighted by Crippen LogP contribution is -2.28. The molecule has 3 nitrogen and oxygen atoms in total. The molecule has 1 aromatic rings. The van der Waals surface area contributed by atoms with Crippen molar-refractivity contribution < 1.29 is 0 Å². The molecule has 1 aliphatic rings. The normalized spacial score (nSPS) is 20.3. The minimum absolute atomic E-state index is 0.744. The number of aromatic nitrogens is 1. The van der Waals surface area contributed by atoms with Gasteiger partial charge in [0.1, 0.15) is 0 Å². The number of likely N-dealkylation sites (tertiary alicyclic amines) is 1. The maximum atomic E-state index is 4.59. The van der Waals surface area contributed by atoms with E-state index in [2.05, 4.69) is 54.2 Å². The number of hydrogen-bond acceptors (Lipinski definition) is 3. The Balaban J connectivity index is 1.73. The summed E-state index contributed by atoms with van der Waals surface area (Å²) in [4.78, 5) is 7.12. The Morgan fingerprint density at radius 2 is 2.26 bits per heavy atom. The molecule has 2 rings (SSSR count). The number of pyridine rings is 1. The molecule has 1 N–H and O–H groups in total. The van der Waals surface area contributed by atoms with Crippen LogP contribution in [0.4, 0.5) is 0 Å². The molecular weight excluding hydrogens is 234 g/mol. The highest BCUT2D eigenvalue weighted by atomic mass is 15.2. The fourth-order valence-electron chi connectivity index (χ4n) is 2.72. The molecule has 0 aliphatic carbocycles. The summed E-state index contributed by atoms with van der Waals surface area (Å²) in [6.45, 7) is 12.3. The van der Waals surface area contributed by atoms with Gasteiger partial charge in [0.2, 0.25) is 0 Å². The zero-order valence-corrected chi connectivity index (χ0v) is 12.5. The van der Waals surface area contributed by atoms with Gasteiger partial charge in [-0.15, -0.1) is 0 Å². The lowest BCUT2D eigenvalue weighted by atomic mass is 10.1. The molecule has 0 bridgehead atoms. The number of aryl methyl sites for hydroxylation is 1. The molecule has 3 heteroatoms. The Morgan fingerprint density at radius 1 is 1.42 bits per heavy atom. The summed E-state index contributed by atoms with van der Waals surface area (Å²) < 4.78 is 0. The summed E-state index contributed by atoms with van der Waals surface area (Å²) >= 11 is 0. The van der Waals surface area contributed by atoms with E-state index in [1.54, 1.807) is 0 Å². The average molecular weight is 261 g/mol. The Bertz CT molecular complexity index is 389. The van der Waals surface area contributed by atoms with E-state index in [9.17, 15) is 0 Å². The topological polar surface area (TPSA) is 28.2 Å². The average Bonchev–Trinajstić information content (AvgIpc) is 2.76. The van der Waals surface area contributed by atoms with E-state index in [1.807, 2.05) is 0 Å². The number of nitrogens with zero attached hydrogens (tertiary/aromatic N) is 2. The van der Waals surface area contributed by atoms with E-state index in [0.29, 0.717) is 0 Å². The van der Waals surface area contributed by atoms with Crippen LogP contribution in [0, 0.1) is 18.8 Å². The summed E-state index contributed by atoms with van der Waals surface area (Å²) in [6.07, 6.45) is 1.32. The molecule has 106 valence electrons. The van der Waals surface area contributed by atoms with Crippen molar-refractivity contribution in [3.8, 4) is 0 Å². The lowest BCUT2D eigenvalue weighted by Gasteiger charge is -2.16. The third kappa shape index (κ3) is 4.92. The molecule has 1 fully saturated rings.